The topological polar surface area (TPSA) is 28.5 Å². The summed E-state index contributed by atoms with van der Waals surface area (Å²) in [6, 6.07) is 4.08. The second-order valence-corrected chi connectivity index (χ2v) is 3.70. The van der Waals surface area contributed by atoms with E-state index in [1.807, 2.05) is 31.3 Å². The lowest BCUT2D eigenvalue weighted by molar-refractivity contribution is 0.951. The van der Waals surface area contributed by atoms with Crippen LogP contribution in [-0.4, -0.2) is 31.3 Å². The lowest BCUT2D eigenvalue weighted by Gasteiger charge is -2.15. The molecule has 1 aromatic heterocycles. The van der Waals surface area contributed by atoms with Gasteiger partial charge >= 0.3 is 0 Å². The van der Waals surface area contributed by atoms with Gasteiger partial charge in [-0.1, -0.05) is 0 Å². The van der Waals surface area contributed by atoms with E-state index in [1.54, 1.807) is 0 Å². The lowest BCUT2D eigenvalue weighted by Crippen LogP contribution is -2.15. The maximum atomic E-state index is 4.50. The van der Waals surface area contributed by atoms with Crippen LogP contribution >= 0.6 is 0 Å². The van der Waals surface area contributed by atoms with Crippen LogP contribution in [0.5, 0.6) is 0 Å². The van der Waals surface area contributed by atoms with E-state index >= 15 is 0 Å². The van der Waals surface area contributed by atoms with Crippen molar-refractivity contribution >= 4 is 11.5 Å². The molecule has 0 unspecified atom stereocenters. The summed E-state index contributed by atoms with van der Waals surface area (Å²) in [7, 11) is 4.03. The molecule has 0 amide bonds. The SMILES string of the molecule is CN(C)c1ncccc1C1=NCCC1. The van der Waals surface area contributed by atoms with Gasteiger partial charge < -0.3 is 4.90 Å². The maximum Gasteiger partial charge on any atom is 0.137 e. The molecule has 3 nitrogen and oxygen atoms in total. The molecule has 2 rings (SSSR count). The van der Waals surface area contributed by atoms with Crippen molar-refractivity contribution in [1.29, 1.82) is 0 Å². The summed E-state index contributed by atoms with van der Waals surface area (Å²) in [6.45, 7) is 0.969. The smallest absolute Gasteiger partial charge is 0.137 e. The van der Waals surface area contributed by atoms with Crippen molar-refractivity contribution < 1.29 is 0 Å². The largest absolute Gasteiger partial charge is 0.362 e. The second-order valence-electron chi connectivity index (χ2n) is 3.70. The van der Waals surface area contributed by atoms with Crippen LogP contribution in [0.25, 0.3) is 0 Å². The van der Waals surface area contributed by atoms with Crippen LogP contribution in [0.3, 0.4) is 0 Å². The fourth-order valence-electron chi connectivity index (χ4n) is 1.74. The van der Waals surface area contributed by atoms with Gasteiger partial charge in [0.1, 0.15) is 5.82 Å². The number of anilines is 1. The molecule has 0 saturated carbocycles. The van der Waals surface area contributed by atoms with Gasteiger partial charge in [0.05, 0.1) is 0 Å². The van der Waals surface area contributed by atoms with Gasteiger partial charge in [0.2, 0.25) is 0 Å². The third-order valence-electron chi connectivity index (χ3n) is 2.40. The van der Waals surface area contributed by atoms with E-state index in [1.165, 1.54) is 17.7 Å². The zero-order valence-corrected chi connectivity index (χ0v) is 8.70. The number of hydrogen-bond acceptors (Lipinski definition) is 3. The first-order chi connectivity index (χ1) is 6.79. The molecule has 74 valence electrons. The average Bonchev–Trinajstić information content (AvgIpc) is 2.70. The Bertz CT molecular complexity index is 355. The number of rotatable bonds is 2. The Morgan fingerprint density at radius 1 is 1.36 bits per heavy atom. The van der Waals surface area contributed by atoms with Crippen LogP contribution in [0.15, 0.2) is 23.3 Å². The molecule has 0 radical (unpaired) electrons. The molecule has 0 aliphatic carbocycles. The molecule has 0 atom stereocenters. The lowest BCUT2D eigenvalue weighted by atomic mass is 10.1. The minimum absolute atomic E-state index is 0.969. The van der Waals surface area contributed by atoms with Gasteiger partial charge in [0.15, 0.2) is 0 Å². The summed E-state index contributed by atoms with van der Waals surface area (Å²) < 4.78 is 0. The molecule has 0 spiro atoms. The molecule has 0 fully saturated rings. The first-order valence-electron chi connectivity index (χ1n) is 4.95. The van der Waals surface area contributed by atoms with E-state index in [9.17, 15) is 0 Å². The number of aromatic nitrogens is 1. The summed E-state index contributed by atoms with van der Waals surface area (Å²) >= 11 is 0. The molecule has 0 N–H and O–H groups in total. The predicted octanol–water partition coefficient (Wildman–Crippen LogP) is 1.73. The van der Waals surface area contributed by atoms with Crippen molar-refractivity contribution in [1.82, 2.24) is 4.98 Å². The van der Waals surface area contributed by atoms with Crippen LogP contribution < -0.4 is 4.90 Å². The summed E-state index contributed by atoms with van der Waals surface area (Å²) in [4.78, 5) is 10.9. The van der Waals surface area contributed by atoms with Gasteiger partial charge in [-0.15, -0.1) is 0 Å². The van der Waals surface area contributed by atoms with Crippen LogP contribution in [-0.2, 0) is 0 Å². The first-order valence-corrected chi connectivity index (χ1v) is 4.95. The summed E-state index contributed by atoms with van der Waals surface area (Å²) in [5, 5.41) is 0. The summed E-state index contributed by atoms with van der Waals surface area (Å²) in [5.74, 6) is 1.02. The van der Waals surface area contributed by atoms with E-state index in [2.05, 4.69) is 16.0 Å². The van der Waals surface area contributed by atoms with Crippen molar-refractivity contribution in [2.45, 2.75) is 12.8 Å². The standard InChI is InChI=1S/C11H15N3/c1-14(2)11-9(5-3-8-13-11)10-6-4-7-12-10/h3,5,8H,4,6-7H2,1-2H3. The Hall–Kier alpha value is -1.38. The normalized spacial score (nSPS) is 15.4. The zero-order chi connectivity index (χ0) is 9.97. The summed E-state index contributed by atoms with van der Waals surface area (Å²) in [6.07, 6.45) is 4.10. The molecule has 0 aromatic carbocycles. The Morgan fingerprint density at radius 2 is 2.21 bits per heavy atom. The zero-order valence-electron chi connectivity index (χ0n) is 8.70. The van der Waals surface area contributed by atoms with Gasteiger partial charge in [-0.3, -0.25) is 4.99 Å². The number of nitrogens with zero attached hydrogens (tertiary/aromatic N) is 3. The van der Waals surface area contributed by atoms with E-state index < -0.39 is 0 Å². The Labute approximate surface area is 84.5 Å². The third-order valence-corrected chi connectivity index (χ3v) is 2.40. The molecule has 0 bridgehead atoms. The molecule has 1 aromatic rings. The van der Waals surface area contributed by atoms with Crippen LogP contribution in [0, 0.1) is 0 Å². The van der Waals surface area contributed by atoms with Gasteiger partial charge in [-0.05, 0) is 25.0 Å². The highest BCUT2D eigenvalue weighted by molar-refractivity contribution is 6.05. The Kier molecular flexibility index (Phi) is 2.48. The molecule has 1 aliphatic rings. The van der Waals surface area contributed by atoms with Crippen LogP contribution in [0.1, 0.15) is 18.4 Å². The predicted molar refractivity (Wildman–Crippen MR) is 59.2 cm³/mol. The molecule has 2 heterocycles. The van der Waals surface area contributed by atoms with Gasteiger partial charge in [-0.2, -0.15) is 0 Å². The van der Waals surface area contributed by atoms with Crippen molar-refractivity contribution in [3.63, 3.8) is 0 Å². The minimum Gasteiger partial charge on any atom is -0.362 e. The highest BCUT2D eigenvalue weighted by Crippen LogP contribution is 2.20. The monoisotopic (exact) mass is 189 g/mol. The number of aliphatic imine (C=N–C) groups is 1. The molecule has 14 heavy (non-hydrogen) atoms. The van der Waals surface area contributed by atoms with E-state index in [0.29, 0.717) is 0 Å². The number of pyridine rings is 1. The Morgan fingerprint density at radius 3 is 2.86 bits per heavy atom. The molecule has 1 aliphatic heterocycles. The van der Waals surface area contributed by atoms with Crippen molar-refractivity contribution in [2.75, 3.05) is 25.5 Å². The fraction of sp³-hybridized carbons (Fsp3) is 0.455. The van der Waals surface area contributed by atoms with Gasteiger partial charge in [-0.25, -0.2) is 4.98 Å². The fourth-order valence-corrected chi connectivity index (χ4v) is 1.74. The van der Waals surface area contributed by atoms with Crippen molar-refractivity contribution in [3.05, 3.63) is 23.9 Å². The van der Waals surface area contributed by atoms with Crippen LogP contribution in [0.2, 0.25) is 0 Å². The van der Waals surface area contributed by atoms with Gasteiger partial charge in [0.25, 0.3) is 0 Å². The molecular weight excluding hydrogens is 174 g/mol. The molecule has 3 heteroatoms. The van der Waals surface area contributed by atoms with Gasteiger partial charge in [0, 0.05) is 38.1 Å². The third kappa shape index (κ3) is 1.62. The first kappa shape index (κ1) is 9.19. The second kappa shape index (κ2) is 3.78. The van der Waals surface area contributed by atoms with Crippen LogP contribution in [0.4, 0.5) is 5.82 Å². The minimum atomic E-state index is 0.969. The molecular formula is C11H15N3. The van der Waals surface area contributed by atoms with Crippen molar-refractivity contribution in [2.24, 2.45) is 4.99 Å². The van der Waals surface area contributed by atoms with E-state index in [0.717, 1.165) is 18.8 Å². The van der Waals surface area contributed by atoms with Crippen molar-refractivity contribution in [3.8, 4) is 0 Å². The average molecular weight is 189 g/mol. The summed E-state index contributed by atoms with van der Waals surface area (Å²) in [5.41, 5.74) is 2.40. The number of hydrogen-bond donors (Lipinski definition) is 0. The highest BCUT2D eigenvalue weighted by atomic mass is 15.1. The highest BCUT2D eigenvalue weighted by Gasteiger charge is 2.14. The Balaban J connectivity index is 2.41. The molecule has 0 saturated heterocycles. The van der Waals surface area contributed by atoms with E-state index in [-0.39, 0.29) is 0 Å². The maximum absolute atomic E-state index is 4.50. The quantitative estimate of drug-likeness (QED) is 0.708. The van der Waals surface area contributed by atoms with E-state index in [4.69, 9.17) is 0 Å².